The summed E-state index contributed by atoms with van der Waals surface area (Å²) in [6.45, 7) is 2.89. The Morgan fingerprint density at radius 2 is 2.17 bits per heavy atom. The second kappa shape index (κ2) is 6.84. The molecular weight excluding hydrogens is 308 g/mol. The van der Waals surface area contributed by atoms with Gasteiger partial charge >= 0.3 is 0 Å². The van der Waals surface area contributed by atoms with E-state index in [-0.39, 0.29) is 18.6 Å². The monoisotopic (exact) mass is 326 g/mol. The number of nitriles is 1. The number of hydrogen-bond donors (Lipinski definition) is 0. The normalized spacial score (nSPS) is 16.5. The molecule has 0 saturated heterocycles. The summed E-state index contributed by atoms with van der Waals surface area (Å²) in [6.07, 6.45) is 1.83. The van der Waals surface area contributed by atoms with E-state index in [0.717, 1.165) is 19.4 Å². The number of rotatable bonds is 4. The Labute approximate surface area is 139 Å². The Morgan fingerprint density at radius 1 is 1.39 bits per heavy atom. The van der Waals surface area contributed by atoms with Crippen molar-refractivity contribution in [3.63, 3.8) is 0 Å². The van der Waals surface area contributed by atoms with Crippen molar-refractivity contribution in [1.29, 1.82) is 5.26 Å². The minimum Gasteiger partial charge on any atom is -0.484 e. The maximum absolute atomic E-state index is 12.5. The van der Waals surface area contributed by atoms with Gasteiger partial charge in [0.05, 0.1) is 17.7 Å². The van der Waals surface area contributed by atoms with E-state index in [1.807, 2.05) is 4.90 Å². The Hall–Kier alpha value is -2.32. The molecule has 1 aliphatic heterocycles. The molecule has 118 valence electrons. The molecule has 2 aromatic rings. The Morgan fingerprint density at radius 3 is 2.87 bits per heavy atom. The first-order valence-electron chi connectivity index (χ1n) is 7.71. The van der Waals surface area contributed by atoms with Crippen molar-refractivity contribution in [1.82, 2.24) is 4.90 Å². The number of ether oxygens (including phenoxy) is 1. The molecule has 0 fully saturated rings. The van der Waals surface area contributed by atoms with Crippen LogP contribution in [0.2, 0.25) is 0 Å². The number of thiophene rings is 1. The molecule has 23 heavy (non-hydrogen) atoms. The lowest BCUT2D eigenvalue weighted by Crippen LogP contribution is -2.41. The van der Waals surface area contributed by atoms with Crippen LogP contribution in [-0.2, 0) is 11.2 Å². The molecule has 2 heterocycles. The van der Waals surface area contributed by atoms with Gasteiger partial charge in [0, 0.05) is 11.4 Å². The maximum atomic E-state index is 12.5. The first-order chi connectivity index (χ1) is 11.2. The van der Waals surface area contributed by atoms with Gasteiger partial charge in [-0.15, -0.1) is 11.3 Å². The molecule has 1 atom stereocenters. The highest BCUT2D eigenvalue weighted by molar-refractivity contribution is 7.10. The summed E-state index contributed by atoms with van der Waals surface area (Å²) in [5.74, 6) is 0.622. The minimum absolute atomic E-state index is 0.0121. The van der Waals surface area contributed by atoms with E-state index < -0.39 is 0 Å². The third kappa shape index (κ3) is 3.22. The topological polar surface area (TPSA) is 53.3 Å². The third-order valence-electron chi connectivity index (χ3n) is 4.15. The minimum atomic E-state index is 0.0121. The summed E-state index contributed by atoms with van der Waals surface area (Å²) in [5, 5.41) is 10.9. The maximum Gasteiger partial charge on any atom is 0.261 e. The zero-order valence-electron chi connectivity index (χ0n) is 13.0. The van der Waals surface area contributed by atoms with Gasteiger partial charge in [0.15, 0.2) is 6.61 Å². The lowest BCUT2D eigenvalue weighted by Gasteiger charge is -2.35. The van der Waals surface area contributed by atoms with Crippen molar-refractivity contribution in [2.45, 2.75) is 25.8 Å². The van der Waals surface area contributed by atoms with Gasteiger partial charge in [0.2, 0.25) is 0 Å². The average molecular weight is 326 g/mol. The molecule has 0 saturated carbocycles. The number of benzene rings is 1. The van der Waals surface area contributed by atoms with Crippen LogP contribution in [0.3, 0.4) is 0 Å². The van der Waals surface area contributed by atoms with Crippen LogP contribution < -0.4 is 4.74 Å². The molecule has 4 nitrogen and oxygen atoms in total. The van der Waals surface area contributed by atoms with E-state index in [2.05, 4.69) is 24.4 Å². The summed E-state index contributed by atoms with van der Waals surface area (Å²) in [4.78, 5) is 15.9. The van der Waals surface area contributed by atoms with Crippen molar-refractivity contribution in [2.24, 2.45) is 0 Å². The third-order valence-corrected chi connectivity index (χ3v) is 5.14. The second-order valence-corrected chi connectivity index (χ2v) is 6.49. The van der Waals surface area contributed by atoms with Crippen LogP contribution in [0, 0.1) is 11.3 Å². The summed E-state index contributed by atoms with van der Waals surface area (Å²) in [5.41, 5.74) is 1.87. The molecule has 0 radical (unpaired) electrons. The first kappa shape index (κ1) is 15.6. The molecule has 1 aromatic heterocycles. The molecule has 1 amide bonds. The number of fused-ring (bicyclic) bond motifs is 1. The molecule has 0 aliphatic carbocycles. The van der Waals surface area contributed by atoms with Gasteiger partial charge in [0.25, 0.3) is 5.91 Å². The predicted molar refractivity (Wildman–Crippen MR) is 89.4 cm³/mol. The molecule has 0 spiro atoms. The van der Waals surface area contributed by atoms with Gasteiger partial charge in [-0.05, 0) is 54.1 Å². The summed E-state index contributed by atoms with van der Waals surface area (Å²) in [7, 11) is 0. The Bertz CT molecular complexity index is 730. The number of carbonyl (C=O) groups excluding carboxylic acids is 1. The largest absolute Gasteiger partial charge is 0.484 e. The highest BCUT2D eigenvalue weighted by atomic mass is 32.1. The average Bonchev–Trinajstić information content (AvgIpc) is 3.07. The molecule has 0 unspecified atom stereocenters. The van der Waals surface area contributed by atoms with E-state index in [9.17, 15) is 4.79 Å². The van der Waals surface area contributed by atoms with Crippen LogP contribution >= 0.6 is 11.3 Å². The number of amides is 1. The van der Waals surface area contributed by atoms with Gasteiger partial charge < -0.3 is 9.64 Å². The van der Waals surface area contributed by atoms with E-state index in [1.165, 1.54) is 10.4 Å². The molecule has 0 N–H and O–H groups in total. The van der Waals surface area contributed by atoms with Crippen molar-refractivity contribution >= 4 is 17.2 Å². The number of nitrogens with zero attached hydrogens (tertiary/aromatic N) is 2. The first-order valence-corrected chi connectivity index (χ1v) is 8.59. The lowest BCUT2D eigenvalue weighted by atomic mass is 9.98. The number of hydrogen-bond acceptors (Lipinski definition) is 4. The molecular formula is C18H18N2O2S. The zero-order valence-corrected chi connectivity index (χ0v) is 13.8. The van der Waals surface area contributed by atoms with Crippen molar-refractivity contribution < 1.29 is 9.53 Å². The SMILES string of the molecule is CC[C@H]1c2ccsc2CCN1C(=O)COc1ccc(C#N)cc1. The molecule has 5 heteroatoms. The summed E-state index contributed by atoms with van der Waals surface area (Å²) >= 11 is 1.78. The van der Waals surface area contributed by atoms with Gasteiger partial charge in [-0.3, -0.25) is 4.79 Å². The number of carbonyl (C=O) groups is 1. The Balaban J connectivity index is 1.65. The molecule has 3 rings (SSSR count). The van der Waals surface area contributed by atoms with Gasteiger partial charge in [-0.25, -0.2) is 0 Å². The highest BCUT2D eigenvalue weighted by Gasteiger charge is 2.30. The van der Waals surface area contributed by atoms with Crippen LogP contribution in [0.5, 0.6) is 5.75 Å². The van der Waals surface area contributed by atoms with Crippen molar-refractivity contribution in [2.75, 3.05) is 13.2 Å². The highest BCUT2D eigenvalue weighted by Crippen LogP contribution is 2.35. The van der Waals surface area contributed by atoms with Crippen LogP contribution in [0.15, 0.2) is 35.7 Å². The standard InChI is InChI=1S/C18H18N2O2S/c1-2-16-15-8-10-23-17(15)7-9-20(16)18(21)12-22-14-5-3-13(11-19)4-6-14/h3-6,8,10,16H,2,7,9,12H2,1H3/t16-/m0/s1. The van der Waals surface area contributed by atoms with Crippen molar-refractivity contribution in [3.05, 3.63) is 51.7 Å². The van der Waals surface area contributed by atoms with E-state index in [0.29, 0.717) is 11.3 Å². The fourth-order valence-corrected chi connectivity index (χ4v) is 3.92. The molecule has 1 aliphatic rings. The summed E-state index contributed by atoms with van der Waals surface area (Å²) in [6, 6.07) is 11.2. The Kier molecular flexibility index (Phi) is 4.63. The molecule has 0 bridgehead atoms. The van der Waals surface area contributed by atoms with Crippen LogP contribution in [0.4, 0.5) is 0 Å². The quantitative estimate of drug-likeness (QED) is 0.863. The summed E-state index contributed by atoms with van der Waals surface area (Å²) < 4.78 is 5.58. The van der Waals surface area contributed by atoms with Gasteiger partial charge in [-0.1, -0.05) is 6.92 Å². The molecule has 1 aromatic carbocycles. The fourth-order valence-electron chi connectivity index (χ4n) is 2.99. The van der Waals surface area contributed by atoms with Crippen LogP contribution in [-0.4, -0.2) is 24.0 Å². The zero-order chi connectivity index (χ0) is 16.2. The van der Waals surface area contributed by atoms with E-state index in [4.69, 9.17) is 10.00 Å². The van der Waals surface area contributed by atoms with Gasteiger partial charge in [-0.2, -0.15) is 5.26 Å². The van der Waals surface area contributed by atoms with E-state index in [1.54, 1.807) is 35.6 Å². The van der Waals surface area contributed by atoms with E-state index >= 15 is 0 Å². The van der Waals surface area contributed by atoms with Gasteiger partial charge in [0.1, 0.15) is 5.75 Å². The van der Waals surface area contributed by atoms with Crippen LogP contribution in [0.25, 0.3) is 0 Å². The smallest absolute Gasteiger partial charge is 0.261 e. The second-order valence-electron chi connectivity index (χ2n) is 5.49. The van der Waals surface area contributed by atoms with Crippen molar-refractivity contribution in [3.8, 4) is 11.8 Å². The predicted octanol–water partition coefficient (Wildman–Crippen LogP) is 3.53. The fraction of sp³-hybridized carbons (Fsp3) is 0.333. The lowest BCUT2D eigenvalue weighted by molar-refractivity contribution is -0.136. The van der Waals surface area contributed by atoms with Crippen LogP contribution in [0.1, 0.15) is 35.4 Å².